The summed E-state index contributed by atoms with van der Waals surface area (Å²) in [4.78, 5) is 4.53. The standard InChI is InChI=1S/C18H20ClNO/c1-4-9-21-18-8-6-15(11-16(18)19)12-20-17-7-5-13(2)10-14(17)3/h5-8,10-12H,4,9H2,1-3H3. The number of rotatable bonds is 5. The summed E-state index contributed by atoms with van der Waals surface area (Å²) in [6.07, 6.45) is 2.79. The minimum atomic E-state index is 0.619. The Morgan fingerprint density at radius 3 is 2.62 bits per heavy atom. The van der Waals surface area contributed by atoms with E-state index in [2.05, 4.69) is 37.9 Å². The Morgan fingerprint density at radius 2 is 1.95 bits per heavy atom. The molecule has 0 aliphatic carbocycles. The van der Waals surface area contributed by atoms with Crippen LogP contribution in [0, 0.1) is 13.8 Å². The molecule has 3 heteroatoms. The van der Waals surface area contributed by atoms with Gasteiger partial charge >= 0.3 is 0 Å². The fourth-order valence-corrected chi connectivity index (χ4v) is 2.26. The van der Waals surface area contributed by atoms with E-state index in [4.69, 9.17) is 16.3 Å². The van der Waals surface area contributed by atoms with Gasteiger partial charge in [0.2, 0.25) is 0 Å². The van der Waals surface area contributed by atoms with Gasteiger partial charge in [0.1, 0.15) is 5.75 Å². The first-order valence-corrected chi connectivity index (χ1v) is 7.51. The van der Waals surface area contributed by atoms with Gasteiger partial charge in [-0.3, -0.25) is 4.99 Å². The Labute approximate surface area is 131 Å². The van der Waals surface area contributed by atoms with Gasteiger partial charge in [-0.05, 0) is 55.7 Å². The molecule has 2 aromatic rings. The van der Waals surface area contributed by atoms with Crippen LogP contribution in [0.1, 0.15) is 30.0 Å². The lowest BCUT2D eigenvalue weighted by Crippen LogP contribution is -1.96. The molecule has 2 nitrogen and oxygen atoms in total. The van der Waals surface area contributed by atoms with Crippen molar-refractivity contribution in [2.75, 3.05) is 6.61 Å². The first kappa shape index (κ1) is 15.6. The summed E-state index contributed by atoms with van der Waals surface area (Å²) in [6.45, 7) is 6.89. The first-order valence-electron chi connectivity index (χ1n) is 7.14. The van der Waals surface area contributed by atoms with Crippen molar-refractivity contribution in [1.29, 1.82) is 0 Å². The van der Waals surface area contributed by atoms with Crippen LogP contribution in [0.2, 0.25) is 5.02 Å². The zero-order chi connectivity index (χ0) is 15.2. The van der Waals surface area contributed by atoms with Gasteiger partial charge in [-0.15, -0.1) is 0 Å². The van der Waals surface area contributed by atoms with Crippen LogP contribution >= 0.6 is 11.6 Å². The highest BCUT2D eigenvalue weighted by atomic mass is 35.5. The summed E-state index contributed by atoms with van der Waals surface area (Å²) in [5, 5.41) is 0.619. The van der Waals surface area contributed by atoms with E-state index < -0.39 is 0 Å². The summed E-state index contributed by atoms with van der Waals surface area (Å²) in [5.41, 5.74) is 4.35. The van der Waals surface area contributed by atoms with Gasteiger partial charge in [0.25, 0.3) is 0 Å². The van der Waals surface area contributed by atoms with E-state index in [1.165, 1.54) is 11.1 Å². The highest BCUT2D eigenvalue weighted by Crippen LogP contribution is 2.25. The maximum atomic E-state index is 6.21. The highest BCUT2D eigenvalue weighted by Gasteiger charge is 2.02. The van der Waals surface area contributed by atoms with Gasteiger partial charge in [-0.1, -0.05) is 36.2 Å². The van der Waals surface area contributed by atoms with E-state index in [1.807, 2.05) is 30.5 Å². The van der Waals surface area contributed by atoms with Gasteiger partial charge < -0.3 is 4.74 Å². The molecule has 0 aliphatic rings. The second-order valence-corrected chi connectivity index (χ2v) is 5.49. The molecule has 0 heterocycles. The molecule has 110 valence electrons. The van der Waals surface area contributed by atoms with E-state index in [9.17, 15) is 0 Å². The lowest BCUT2D eigenvalue weighted by molar-refractivity contribution is 0.317. The SMILES string of the molecule is CCCOc1ccc(C=Nc2ccc(C)cc2C)cc1Cl. The van der Waals surface area contributed by atoms with Crippen LogP contribution in [0.25, 0.3) is 0 Å². The predicted octanol–water partition coefficient (Wildman–Crippen LogP) is 5.50. The Balaban J connectivity index is 2.15. The molecule has 0 fully saturated rings. The molecule has 2 aromatic carbocycles. The molecule has 0 unspecified atom stereocenters. The third-order valence-electron chi connectivity index (χ3n) is 3.12. The molecule has 0 saturated carbocycles. The molecule has 2 rings (SSSR count). The third-order valence-corrected chi connectivity index (χ3v) is 3.42. The molecule has 0 atom stereocenters. The number of hydrogen-bond acceptors (Lipinski definition) is 2. The number of aryl methyl sites for hydroxylation is 2. The Morgan fingerprint density at radius 1 is 1.14 bits per heavy atom. The minimum Gasteiger partial charge on any atom is -0.492 e. The molecular weight excluding hydrogens is 282 g/mol. The highest BCUT2D eigenvalue weighted by molar-refractivity contribution is 6.32. The van der Waals surface area contributed by atoms with Crippen molar-refractivity contribution in [3.05, 3.63) is 58.1 Å². The monoisotopic (exact) mass is 301 g/mol. The topological polar surface area (TPSA) is 21.6 Å². The minimum absolute atomic E-state index is 0.619. The smallest absolute Gasteiger partial charge is 0.137 e. The molecule has 0 N–H and O–H groups in total. The second kappa shape index (κ2) is 7.28. The fourth-order valence-electron chi connectivity index (χ4n) is 2.02. The van der Waals surface area contributed by atoms with Crippen LogP contribution in [0.4, 0.5) is 5.69 Å². The predicted molar refractivity (Wildman–Crippen MR) is 90.4 cm³/mol. The Bertz CT molecular complexity index is 650. The number of nitrogens with zero attached hydrogens (tertiary/aromatic N) is 1. The van der Waals surface area contributed by atoms with Crippen LogP contribution in [0.15, 0.2) is 41.4 Å². The summed E-state index contributed by atoms with van der Waals surface area (Å²) >= 11 is 6.21. The van der Waals surface area contributed by atoms with Crippen LogP contribution in [-0.4, -0.2) is 12.8 Å². The summed E-state index contributed by atoms with van der Waals surface area (Å²) in [6, 6.07) is 11.9. The largest absolute Gasteiger partial charge is 0.492 e. The van der Waals surface area contributed by atoms with Crippen molar-refractivity contribution >= 4 is 23.5 Å². The Kier molecular flexibility index (Phi) is 5.40. The average molecular weight is 302 g/mol. The lowest BCUT2D eigenvalue weighted by Gasteiger charge is -2.07. The van der Waals surface area contributed by atoms with Crippen LogP contribution in [-0.2, 0) is 0 Å². The fraction of sp³-hybridized carbons (Fsp3) is 0.278. The zero-order valence-electron chi connectivity index (χ0n) is 12.7. The van der Waals surface area contributed by atoms with E-state index in [1.54, 1.807) is 0 Å². The van der Waals surface area contributed by atoms with Crippen LogP contribution in [0.5, 0.6) is 5.75 Å². The van der Waals surface area contributed by atoms with Crippen molar-refractivity contribution in [3.8, 4) is 5.75 Å². The maximum absolute atomic E-state index is 6.21. The number of benzene rings is 2. The van der Waals surface area contributed by atoms with Crippen LogP contribution in [0.3, 0.4) is 0 Å². The van der Waals surface area contributed by atoms with Gasteiger partial charge in [-0.2, -0.15) is 0 Å². The molecule has 0 aromatic heterocycles. The van der Waals surface area contributed by atoms with Crippen molar-refractivity contribution in [3.63, 3.8) is 0 Å². The van der Waals surface area contributed by atoms with E-state index in [0.29, 0.717) is 11.6 Å². The van der Waals surface area contributed by atoms with Crippen LogP contribution < -0.4 is 4.74 Å². The number of aliphatic imine (C=N–C) groups is 1. The molecule has 0 saturated heterocycles. The summed E-state index contributed by atoms with van der Waals surface area (Å²) < 4.78 is 5.56. The lowest BCUT2D eigenvalue weighted by atomic mass is 10.1. The molecule has 0 bridgehead atoms. The van der Waals surface area contributed by atoms with Gasteiger partial charge in [0.15, 0.2) is 0 Å². The first-order chi connectivity index (χ1) is 10.1. The van der Waals surface area contributed by atoms with Crippen molar-refractivity contribution in [1.82, 2.24) is 0 Å². The quantitative estimate of drug-likeness (QED) is 0.669. The van der Waals surface area contributed by atoms with Gasteiger partial charge in [-0.25, -0.2) is 0 Å². The van der Waals surface area contributed by atoms with E-state index in [-0.39, 0.29) is 0 Å². The third kappa shape index (κ3) is 4.33. The second-order valence-electron chi connectivity index (χ2n) is 5.09. The van der Waals surface area contributed by atoms with Crippen molar-refractivity contribution in [2.45, 2.75) is 27.2 Å². The summed E-state index contributed by atoms with van der Waals surface area (Å²) in [7, 11) is 0. The molecule has 0 amide bonds. The van der Waals surface area contributed by atoms with E-state index >= 15 is 0 Å². The number of hydrogen-bond donors (Lipinski definition) is 0. The molecule has 0 aliphatic heterocycles. The van der Waals surface area contributed by atoms with E-state index in [0.717, 1.165) is 23.4 Å². The average Bonchev–Trinajstić information content (AvgIpc) is 2.45. The molecule has 0 radical (unpaired) electrons. The van der Waals surface area contributed by atoms with Gasteiger partial charge in [0.05, 0.1) is 17.3 Å². The maximum Gasteiger partial charge on any atom is 0.137 e. The summed E-state index contributed by atoms with van der Waals surface area (Å²) in [5.74, 6) is 0.724. The van der Waals surface area contributed by atoms with Crippen molar-refractivity contribution in [2.24, 2.45) is 4.99 Å². The molecule has 21 heavy (non-hydrogen) atoms. The Hall–Kier alpha value is -1.80. The number of halogens is 1. The normalized spacial score (nSPS) is 11.0. The van der Waals surface area contributed by atoms with Gasteiger partial charge in [0, 0.05) is 6.21 Å². The number of ether oxygens (including phenoxy) is 1. The molecule has 0 spiro atoms. The zero-order valence-corrected chi connectivity index (χ0v) is 13.4. The van der Waals surface area contributed by atoms with Crippen molar-refractivity contribution < 1.29 is 4.74 Å². The molecular formula is C18H20ClNO.